The van der Waals surface area contributed by atoms with Crippen LogP contribution in [-0.4, -0.2) is 23.4 Å². The van der Waals surface area contributed by atoms with Gasteiger partial charge in [0.1, 0.15) is 5.82 Å². The first-order valence-corrected chi connectivity index (χ1v) is 10.1. The Hall–Kier alpha value is -3.45. The summed E-state index contributed by atoms with van der Waals surface area (Å²) in [5.74, 6) is -1.10. The number of carbonyl (C=O) groups excluding carboxylic acids is 3. The maximum absolute atomic E-state index is 13.7. The highest BCUT2D eigenvalue weighted by Gasteiger charge is 2.11. The van der Waals surface area contributed by atoms with E-state index in [1.165, 1.54) is 36.9 Å². The lowest BCUT2D eigenvalue weighted by Gasteiger charge is -2.08. The summed E-state index contributed by atoms with van der Waals surface area (Å²) >= 11 is 1.34. The number of benzene rings is 3. The van der Waals surface area contributed by atoms with Crippen molar-refractivity contribution >= 4 is 40.7 Å². The number of hydrogen-bond acceptors (Lipinski definition) is 4. The Morgan fingerprint density at radius 3 is 2.07 bits per heavy atom. The van der Waals surface area contributed by atoms with Crippen molar-refractivity contribution in [1.82, 2.24) is 0 Å². The van der Waals surface area contributed by atoms with Crippen LogP contribution in [0.4, 0.5) is 15.8 Å². The van der Waals surface area contributed by atoms with E-state index in [4.69, 9.17) is 0 Å². The van der Waals surface area contributed by atoms with Crippen molar-refractivity contribution in [3.8, 4) is 0 Å². The molecule has 152 valence electrons. The van der Waals surface area contributed by atoms with Gasteiger partial charge in [-0.15, -0.1) is 11.8 Å². The van der Waals surface area contributed by atoms with Gasteiger partial charge in [0.05, 0.1) is 11.3 Å². The summed E-state index contributed by atoms with van der Waals surface area (Å²) in [6, 6.07) is 19.4. The molecule has 5 nitrogen and oxygen atoms in total. The molecule has 0 fully saturated rings. The highest BCUT2D eigenvalue weighted by atomic mass is 32.2. The monoisotopic (exact) mass is 422 g/mol. The van der Waals surface area contributed by atoms with Gasteiger partial charge in [0.15, 0.2) is 5.78 Å². The number of carbonyl (C=O) groups is 3. The van der Waals surface area contributed by atoms with Crippen LogP contribution >= 0.6 is 11.8 Å². The zero-order chi connectivity index (χ0) is 21.5. The van der Waals surface area contributed by atoms with Crippen LogP contribution in [0.2, 0.25) is 0 Å². The zero-order valence-electron chi connectivity index (χ0n) is 16.1. The summed E-state index contributed by atoms with van der Waals surface area (Å²) < 4.78 is 13.7. The lowest BCUT2D eigenvalue weighted by molar-refractivity contribution is -0.113. The second-order valence-electron chi connectivity index (χ2n) is 6.43. The van der Waals surface area contributed by atoms with E-state index >= 15 is 0 Å². The van der Waals surface area contributed by atoms with Gasteiger partial charge in [-0.05, 0) is 67.6 Å². The molecule has 0 unspecified atom stereocenters. The van der Waals surface area contributed by atoms with E-state index in [9.17, 15) is 18.8 Å². The molecule has 0 aliphatic rings. The fraction of sp³-hybridized carbons (Fsp3) is 0.0870. The Bertz CT molecular complexity index is 1070. The smallest absolute Gasteiger partial charge is 0.258 e. The first kappa shape index (κ1) is 21.3. The van der Waals surface area contributed by atoms with Crippen molar-refractivity contribution in [2.45, 2.75) is 11.8 Å². The van der Waals surface area contributed by atoms with Crippen molar-refractivity contribution in [2.75, 3.05) is 16.4 Å². The van der Waals surface area contributed by atoms with E-state index in [-0.39, 0.29) is 23.0 Å². The van der Waals surface area contributed by atoms with Gasteiger partial charge in [0.25, 0.3) is 5.91 Å². The Balaban J connectivity index is 1.50. The number of hydrogen-bond donors (Lipinski definition) is 2. The summed E-state index contributed by atoms with van der Waals surface area (Å²) in [5, 5.41) is 5.42. The molecule has 0 heterocycles. The maximum atomic E-state index is 13.7. The first-order valence-electron chi connectivity index (χ1n) is 9.12. The van der Waals surface area contributed by atoms with Crippen LogP contribution in [0.25, 0.3) is 0 Å². The Labute approximate surface area is 177 Å². The summed E-state index contributed by atoms with van der Waals surface area (Å²) in [6.07, 6.45) is 0. The van der Waals surface area contributed by atoms with Crippen LogP contribution in [0.5, 0.6) is 0 Å². The van der Waals surface area contributed by atoms with Gasteiger partial charge < -0.3 is 10.6 Å². The van der Waals surface area contributed by atoms with E-state index in [0.717, 1.165) is 4.90 Å². The minimum Gasteiger partial charge on any atom is -0.325 e. The molecule has 0 atom stereocenters. The van der Waals surface area contributed by atoms with Gasteiger partial charge in [0, 0.05) is 21.8 Å². The molecule has 0 radical (unpaired) electrons. The second kappa shape index (κ2) is 9.84. The number of Topliss-reactive ketones (excluding diaryl/α,β-unsaturated/α-hetero) is 1. The van der Waals surface area contributed by atoms with Gasteiger partial charge in [-0.2, -0.15) is 0 Å². The molecule has 3 aromatic rings. The number of ketones is 1. The predicted octanol–water partition coefficient (Wildman–Crippen LogP) is 5.01. The molecule has 0 aromatic heterocycles. The van der Waals surface area contributed by atoms with Crippen molar-refractivity contribution < 1.29 is 18.8 Å². The summed E-state index contributed by atoms with van der Waals surface area (Å²) in [6.45, 7) is 1.49. The van der Waals surface area contributed by atoms with Gasteiger partial charge in [-0.1, -0.05) is 12.1 Å². The van der Waals surface area contributed by atoms with Crippen LogP contribution in [-0.2, 0) is 4.79 Å². The highest BCUT2D eigenvalue weighted by Crippen LogP contribution is 2.21. The molecule has 2 N–H and O–H groups in total. The first-order chi connectivity index (χ1) is 14.4. The second-order valence-corrected chi connectivity index (χ2v) is 7.48. The van der Waals surface area contributed by atoms with Crippen LogP contribution in [0.3, 0.4) is 0 Å². The van der Waals surface area contributed by atoms with Crippen molar-refractivity contribution in [3.05, 3.63) is 89.7 Å². The van der Waals surface area contributed by atoms with Gasteiger partial charge in [-0.25, -0.2) is 4.39 Å². The van der Waals surface area contributed by atoms with E-state index in [1.807, 2.05) is 0 Å². The van der Waals surface area contributed by atoms with Crippen molar-refractivity contribution in [3.63, 3.8) is 0 Å². The van der Waals surface area contributed by atoms with Crippen molar-refractivity contribution in [1.29, 1.82) is 0 Å². The summed E-state index contributed by atoms with van der Waals surface area (Å²) in [7, 11) is 0. The number of anilines is 2. The van der Waals surface area contributed by atoms with E-state index in [2.05, 4.69) is 10.6 Å². The maximum Gasteiger partial charge on any atom is 0.258 e. The normalized spacial score (nSPS) is 10.3. The number of halogens is 1. The Morgan fingerprint density at radius 1 is 0.833 bits per heavy atom. The van der Waals surface area contributed by atoms with Gasteiger partial charge >= 0.3 is 0 Å². The Kier molecular flexibility index (Phi) is 6.98. The van der Waals surface area contributed by atoms with E-state index in [0.29, 0.717) is 16.9 Å². The molecule has 3 aromatic carbocycles. The fourth-order valence-electron chi connectivity index (χ4n) is 2.61. The average molecular weight is 422 g/mol. The van der Waals surface area contributed by atoms with E-state index < -0.39 is 11.7 Å². The molecule has 0 bridgehead atoms. The lowest BCUT2D eigenvalue weighted by Crippen LogP contribution is -2.14. The van der Waals surface area contributed by atoms with Gasteiger partial charge in [-0.3, -0.25) is 14.4 Å². The number of nitrogens with one attached hydrogen (secondary N) is 2. The SMILES string of the molecule is CC(=O)c1ccc(NC(=O)CSc2ccc(NC(=O)c3ccccc3F)cc2)cc1. The van der Waals surface area contributed by atoms with Crippen LogP contribution in [0, 0.1) is 5.82 Å². The number of rotatable bonds is 7. The molecule has 0 aliphatic carbocycles. The topological polar surface area (TPSA) is 75.3 Å². The lowest BCUT2D eigenvalue weighted by atomic mass is 10.1. The molecule has 7 heteroatoms. The summed E-state index contributed by atoms with van der Waals surface area (Å²) in [5.41, 5.74) is 1.72. The van der Waals surface area contributed by atoms with E-state index in [1.54, 1.807) is 54.6 Å². The van der Waals surface area contributed by atoms with Gasteiger partial charge in [0.2, 0.25) is 5.91 Å². The number of amides is 2. The molecule has 3 rings (SSSR count). The molecule has 0 saturated heterocycles. The third-order valence-corrected chi connectivity index (χ3v) is 5.19. The standard InChI is InChI=1S/C23H19FN2O3S/c1-15(27)16-6-8-17(9-7-16)25-22(28)14-30-19-12-10-18(11-13-19)26-23(29)20-4-2-3-5-21(20)24/h2-13H,14H2,1H3,(H,25,28)(H,26,29). The molecule has 30 heavy (non-hydrogen) atoms. The molecule has 0 spiro atoms. The molecular formula is C23H19FN2O3S. The van der Waals surface area contributed by atoms with Crippen molar-refractivity contribution in [2.24, 2.45) is 0 Å². The van der Waals surface area contributed by atoms with Crippen LogP contribution in [0.1, 0.15) is 27.6 Å². The average Bonchev–Trinajstić information content (AvgIpc) is 2.74. The molecule has 0 saturated carbocycles. The molecular weight excluding hydrogens is 403 g/mol. The number of thioether (sulfide) groups is 1. The predicted molar refractivity (Wildman–Crippen MR) is 117 cm³/mol. The highest BCUT2D eigenvalue weighted by molar-refractivity contribution is 8.00. The fourth-order valence-corrected chi connectivity index (χ4v) is 3.31. The molecule has 2 amide bonds. The van der Waals surface area contributed by atoms with Crippen LogP contribution < -0.4 is 10.6 Å². The third kappa shape index (κ3) is 5.78. The minimum atomic E-state index is -0.580. The zero-order valence-corrected chi connectivity index (χ0v) is 17.0. The van der Waals surface area contributed by atoms with Crippen LogP contribution in [0.15, 0.2) is 77.7 Å². The summed E-state index contributed by atoms with van der Waals surface area (Å²) in [4.78, 5) is 36.4. The third-order valence-electron chi connectivity index (χ3n) is 4.18. The molecule has 0 aliphatic heterocycles. The quantitative estimate of drug-likeness (QED) is 0.415. The largest absolute Gasteiger partial charge is 0.325 e. The Morgan fingerprint density at radius 2 is 1.43 bits per heavy atom. The minimum absolute atomic E-state index is 0.0241.